The van der Waals surface area contributed by atoms with Gasteiger partial charge in [0.25, 0.3) is 0 Å². The monoisotopic (exact) mass is 287 g/mol. The van der Waals surface area contributed by atoms with Crippen molar-refractivity contribution in [3.05, 3.63) is 28.3 Å². The van der Waals surface area contributed by atoms with E-state index in [4.69, 9.17) is 0 Å². The SMILES string of the molecule is CCNc1cccc(NCCS(C)(=O)=O)c1[N+](=O)[O-]. The lowest BCUT2D eigenvalue weighted by Gasteiger charge is -2.10. The standard InChI is InChI=1S/C11H17N3O4S/c1-3-12-9-5-4-6-10(11(9)14(15)16)13-7-8-19(2,17)18/h4-6,12-13H,3,7-8H2,1-2H3. The van der Waals surface area contributed by atoms with Crippen molar-refractivity contribution in [2.24, 2.45) is 0 Å². The van der Waals surface area contributed by atoms with Gasteiger partial charge in [0.05, 0.1) is 10.7 Å². The van der Waals surface area contributed by atoms with E-state index in [1.54, 1.807) is 18.2 Å². The van der Waals surface area contributed by atoms with Gasteiger partial charge in [-0.05, 0) is 19.1 Å². The second-order valence-electron chi connectivity index (χ2n) is 4.05. The summed E-state index contributed by atoms with van der Waals surface area (Å²) in [5.74, 6) is -0.0738. The highest BCUT2D eigenvalue weighted by molar-refractivity contribution is 7.90. The fraction of sp³-hybridized carbons (Fsp3) is 0.455. The molecular formula is C11H17N3O4S. The van der Waals surface area contributed by atoms with E-state index >= 15 is 0 Å². The molecule has 2 N–H and O–H groups in total. The third-order valence-corrected chi connectivity index (χ3v) is 3.32. The third-order valence-electron chi connectivity index (χ3n) is 2.37. The molecule has 0 amide bonds. The van der Waals surface area contributed by atoms with Crippen LogP contribution >= 0.6 is 0 Å². The van der Waals surface area contributed by atoms with Gasteiger partial charge in [0.1, 0.15) is 21.2 Å². The van der Waals surface area contributed by atoms with Crippen molar-refractivity contribution in [1.29, 1.82) is 0 Å². The number of hydrogen-bond acceptors (Lipinski definition) is 6. The lowest BCUT2D eigenvalue weighted by Crippen LogP contribution is -2.15. The fourth-order valence-corrected chi connectivity index (χ4v) is 2.06. The van der Waals surface area contributed by atoms with E-state index < -0.39 is 14.8 Å². The van der Waals surface area contributed by atoms with Crippen LogP contribution in [0.4, 0.5) is 17.1 Å². The van der Waals surface area contributed by atoms with Crippen LogP contribution in [0.25, 0.3) is 0 Å². The van der Waals surface area contributed by atoms with Crippen molar-refractivity contribution < 1.29 is 13.3 Å². The Balaban J connectivity index is 2.93. The number of benzene rings is 1. The Morgan fingerprint density at radius 3 is 2.32 bits per heavy atom. The second-order valence-corrected chi connectivity index (χ2v) is 6.31. The number of para-hydroxylation sites is 1. The molecule has 106 valence electrons. The summed E-state index contributed by atoms with van der Waals surface area (Å²) in [6.07, 6.45) is 1.12. The predicted molar refractivity (Wildman–Crippen MR) is 75.5 cm³/mol. The molecule has 0 heterocycles. The molecule has 19 heavy (non-hydrogen) atoms. The minimum atomic E-state index is -3.10. The Bertz CT molecular complexity index is 557. The molecule has 0 fully saturated rings. The van der Waals surface area contributed by atoms with Crippen molar-refractivity contribution in [3.63, 3.8) is 0 Å². The molecule has 1 aromatic carbocycles. The van der Waals surface area contributed by atoms with E-state index in [1.165, 1.54) is 0 Å². The summed E-state index contributed by atoms with van der Waals surface area (Å²) in [7, 11) is -3.10. The molecule has 7 nitrogen and oxygen atoms in total. The van der Waals surface area contributed by atoms with Crippen LogP contribution in [0.5, 0.6) is 0 Å². The smallest absolute Gasteiger partial charge is 0.315 e. The van der Waals surface area contributed by atoms with E-state index in [0.29, 0.717) is 17.9 Å². The normalized spacial score (nSPS) is 11.1. The molecule has 0 unspecified atom stereocenters. The van der Waals surface area contributed by atoms with Crippen LogP contribution in [-0.4, -0.2) is 38.4 Å². The molecule has 0 aliphatic carbocycles. The van der Waals surface area contributed by atoms with E-state index in [-0.39, 0.29) is 18.0 Å². The molecular weight excluding hydrogens is 270 g/mol. The number of sulfone groups is 1. The lowest BCUT2D eigenvalue weighted by atomic mass is 10.2. The van der Waals surface area contributed by atoms with Crippen LogP contribution in [0.3, 0.4) is 0 Å². The Labute approximate surface area is 112 Å². The highest BCUT2D eigenvalue weighted by Gasteiger charge is 2.19. The Kier molecular flexibility index (Phi) is 5.11. The minimum absolute atomic E-state index is 0.0714. The first kappa shape index (κ1) is 15.2. The molecule has 1 rings (SSSR count). The van der Waals surface area contributed by atoms with Crippen LogP contribution in [0, 0.1) is 10.1 Å². The summed E-state index contributed by atoms with van der Waals surface area (Å²) < 4.78 is 22.0. The zero-order valence-electron chi connectivity index (χ0n) is 10.8. The molecule has 0 bridgehead atoms. The topological polar surface area (TPSA) is 101 Å². The van der Waals surface area contributed by atoms with Gasteiger partial charge >= 0.3 is 5.69 Å². The molecule has 0 saturated carbocycles. The number of hydrogen-bond donors (Lipinski definition) is 2. The molecule has 0 aliphatic heterocycles. The molecule has 0 aromatic heterocycles. The largest absolute Gasteiger partial charge is 0.380 e. The first-order chi connectivity index (χ1) is 8.85. The number of anilines is 2. The van der Waals surface area contributed by atoms with Gasteiger partial charge in [0.2, 0.25) is 0 Å². The second kappa shape index (κ2) is 6.37. The molecule has 0 radical (unpaired) electrons. The zero-order chi connectivity index (χ0) is 14.5. The first-order valence-electron chi connectivity index (χ1n) is 5.78. The Morgan fingerprint density at radius 1 is 1.26 bits per heavy atom. The van der Waals surface area contributed by atoms with E-state index in [1.807, 2.05) is 6.92 Å². The van der Waals surface area contributed by atoms with Gasteiger partial charge in [-0.15, -0.1) is 0 Å². The Hall–Kier alpha value is -1.83. The van der Waals surface area contributed by atoms with Gasteiger partial charge in [-0.1, -0.05) is 6.07 Å². The molecule has 0 saturated heterocycles. The molecule has 8 heteroatoms. The van der Waals surface area contributed by atoms with E-state index in [9.17, 15) is 18.5 Å². The maximum absolute atomic E-state index is 11.1. The summed E-state index contributed by atoms with van der Waals surface area (Å²) >= 11 is 0. The van der Waals surface area contributed by atoms with Crippen molar-refractivity contribution in [3.8, 4) is 0 Å². The van der Waals surface area contributed by atoms with Crippen LogP contribution in [0.2, 0.25) is 0 Å². The van der Waals surface area contributed by atoms with Crippen LogP contribution in [0.15, 0.2) is 18.2 Å². The number of nitro groups is 1. The van der Waals surface area contributed by atoms with Gasteiger partial charge in [-0.2, -0.15) is 0 Å². The minimum Gasteiger partial charge on any atom is -0.380 e. The van der Waals surface area contributed by atoms with Crippen LogP contribution < -0.4 is 10.6 Å². The molecule has 0 atom stereocenters. The number of nitrogens with zero attached hydrogens (tertiary/aromatic N) is 1. The summed E-state index contributed by atoms with van der Waals surface area (Å²) in [5.41, 5.74) is 0.654. The maximum Gasteiger partial charge on any atom is 0.315 e. The van der Waals surface area contributed by atoms with Crippen LogP contribution in [-0.2, 0) is 9.84 Å². The summed E-state index contributed by atoms with van der Waals surface area (Å²) in [5, 5.41) is 16.8. The average Bonchev–Trinajstić information content (AvgIpc) is 2.27. The Morgan fingerprint density at radius 2 is 1.84 bits per heavy atom. The van der Waals surface area contributed by atoms with Gasteiger partial charge in [0, 0.05) is 19.3 Å². The zero-order valence-corrected chi connectivity index (χ0v) is 11.7. The molecule has 0 spiro atoms. The highest BCUT2D eigenvalue weighted by atomic mass is 32.2. The van der Waals surface area contributed by atoms with Crippen molar-refractivity contribution >= 4 is 26.9 Å². The lowest BCUT2D eigenvalue weighted by molar-refractivity contribution is -0.383. The highest BCUT2D eigenvalue weighted by Crippen LogP contribution is 2.32. The molecule has 0 aliphatic rings. The fourth-order valence-electron chi connectivity index (χ4n) is 1.59. The van der Waals surface area contributed by atoms with Gasteiger partial charge in [0.15, 0.2) is 0 Å². The number of nitro benzene ring substituents is 1. The summed E-state index contributed by atoms with van der Waals surface area (Å²) in [4.78, 5) is 10.6. The van der Waals surface area contributed by atoms with Crippen molar-refractivity contribution in [1.82, 2.24) is 0 Å². The number of rotatable bonds is 7. The van der Waals surface area contributed by atoms with E-state index in [2.05, 4.69) is 10.6 Å². The summed E-state index contributed by atoms with van der Waals surface area (Å²) in [6.45, 7) is 2.54. The van der Waals surface area contributed by atoms with Crippen LogP contribution in [0.1, 0.15) is 6.92 Å². The average molecular weight is 287 g/mol. The maximum atomic E-state index is 11.1. The quantitative estimate of drug-likeness (QED) is 0.582. The van der Waals surface area contributed by atoms with E-state index in [0.717, 1.165) is 6.26 Å². The first-order valence-corrected chi connectivity index (χ1v) is 7.84. The van der Waals surface area contributed by atoms with Gasteiger partial charge in [-0.25, -0.2) is 8.42 Å². The third kappa shape index (κ3) is 4.74. The summed E-state index contributed by atoms with van der Waals surface area (Å²) in [6, 6.07) is 4.85. The number of nitrogens with one attached hydrogen (secondary N) is 2. The van der Waals surface area contributed by atoms with Crippen molar-refractivity contribution in [2.75, 3.05) is 35.7 Å². The van der Waals surface area contributed by atoms with Crippen molar-refractivity contribution in [2.45, 2.75) is 6.92 Å². The molecule has 1 aromatic rings. The predicted octanol–water partition coefficient (Wildman–Crippen LogP) is 1.48. The van der Waals surface area contributed by atoms with Gasteiger partial charge < -0.3 is 10.6 Å². The van der Waals surface area contributed by atoms with Gasteiger partial charge in [-0.3, -0.25) is 10.1 Å².